The van der Waals surface area contributed by atoms with Gasteiger partial charge in [-0.2, -0.15) is 0 Å². The molecule has 0 aliphatic carbocycles. The Hall–Kier alpha value is -4.06. The molecule has 0 atom stereocenters. The van der Waals surface area contributed by atoms with Gasteiger partial charge in [-0.25, -0.2) is 4.79 Å². The quantitative estimate of drug-likeness (QED) is 0.421. The van der Waals surface area contributed by atoms with Gasteiger partial charge in [0.1, 0.15) is 6.61 Å². The number of hydrogen-bond acceptors (Lipinski definition) is 8. The van der Waals surface area contributed by atoms with Crippen LogP contribution < -0.4 is 10.2 Å². The van der Waals surface area contributed by atoms with E-state index in [2.05, 4.69) is 5.32 Å². The van der Waals surface area contributed by atoms with Crippen molar-refractivity contribution in [2.24, 2.45) is 0 Å². The summed E-state index contributed by atoms with van der Waals surface area (Å²) in [5.41, 5.74) is 0.357. The van der Waals surface area contributed by atoms with Crippen LogP contribution in [0.2, 0.25) is 0 Å². The van der Waals surface area contributed by atoms with E-state index in [1.54, 1.807) is 24.3 Å². The standard InChI is InChI=1S/C21H25N5O7/c1-23(2)11-10-22-20(27)12-15-4-7-17(8-5-15)24(3)21(28)33-14-16-6-9-18(25(29)30)13-19(16)26(31)32/h4-9,13H,10-12,14H2,1-3H3,(H,22,27). The summed E-state index contributed by atoms with van der Waals surface area (Å²) in [6.07, 6.45) is -0.567. The average molecular weight is 459 g/mol. The van der Waals surface area contributed by atoms with E-state index in [4.69, 9.17) is 4.74 Å². The fraction of sp³-hybridized carbons (Fsp3) is 0.333. The van der Waals surface area contributed by atoms with E-state index in [0.717, 1.165) is 24.2 Å². The first-order valence-electron chi connectivity index (χ1n) is 9.91. The zero-order valence-electron chi connectivity index (χ0n) is 18.5. The number of anilines is 1. The Morgan fingerprint density at radius 3 is 2.24 bits per heavy atom. The van der Waals surface area contributed by atoms with Crippen molar-refractivity contribution in [3.8, 4) is 0 Å². The lowest BCUT2D eigenvalue weighted by Crippen LogP contribution is -2.32. The van der Waals surface area contributed by atoms with Crippen LogP contribution in [0, 0.1) is 20.2 Å². The Kier molecular flexibility index (Phi) is 8.80. The van der Waals surface area contributed by atoms with Crippen LogP contribution in [0.15, 0.2) is 42.5 Å². The SMILES string of the molecule is CN(C)CCNC(=O)Cc1ccc(N(C)C(=O)OCc2ccc([N+](=O)[O-])cc2[N+](=O)[O-])cc1. The monoisotopic (exact) mass is 459 g/mol. The number of nitrogens with one attached hydrogen (secondary N) is 1. The number of nitro groups is 2. The fourth-order valence-corrected chi connectivity index (χ4v) is 2.80. The van der Waals surface area contributed by atoms with Gasteiger partial charge in [-0.3, -0.25) is 29.9 Å². The number of hydrogen-bond donors (Lipinski definition) is 1. The summed E-state index contributed by atoms with van der Waals surface area (Å²) in [6.45, 7) is 0.856. The summed E-state index contributed by atoms with van der Waals surface area (Å²) in [7, 11) is 5.30. The Morgan fingerprint density at radius 1 is 1.00 bits per heavy atom. The zero-order valence-corrected chi connectivity index (χ0v) is 18.5. The van der Waals surface area contributed by atoms with E-state index in [9.17, 15) is 29.8 Å². The van der Waals surface area contributed by atoms with Gasteiger partial charge in [0.05, 0.1) is 27.9 Å². The van der Waals surface area contributed by atoms with E-state index in [-0.39, 0.29) is 17.9 Å². The normalized spacial score (nSPS) is 10.5. The topological polar surface area (TPSA) is 148 Å². The highest BCUT2D eigenvalue weighted by atomic mass is 16.6. The Balaban J connectivity index is 1.95. The first-order chi connectivity index (χ1) is 15.6. The maximum Gasteiger partial charge on any atom is 0.414 e. The lowest BCUT2D eigenvalue weighted by atomic mass is 10.1. The van der Waals surface area contributed by atoms with Crippen molar-refractivity contribution in [3.63, 3.8) is 0 Å². The Labute approximate surface area is 190 Å². The maximum absolute atomic E-state index is 12.4. The van der Waals surface area contributed by atoms with E-state index in [0.29, 0.717) is 12.2 Å². The molecule has 0 unspecified atom stereocenters. The minimum absolute atomic E-state index is 0.0305. The third-order valence-corrected chi connectivity index (χ3v) is 4.67. The van der Waals surface area contributed by atoms with E-state index in [1.165, 1.54) is 18.0 Å². The second-order valence-electron chi connectivity index (χ2n) is 7.44. The van der Waals surface area contributed by atoms with Crippen molar-refractivity contribution in [2.75, 3.05) is 39.1 Å². The zero-order chi connectivity index (χ0) is 24.5. The number of carbonyl (C=O) groups is 2. The molecule has 0 heterocycles. The van der Waals surface area contributed by atoms with Gasteiger partial charge in [-0.1, -0.05) is 12.1 Å². The molecule has 12 nitrogen and oxygen atoms in total. The lowest BCUT2D eigenvalue weighted by Gasteiger charge is -2.17. The van der Waals surface area contributed by atoms with Crippen molar-refractivity contribution in [2.45, 2.75) is 13.0 Å². The molecule has 0 radical (unpaired) electrons. The van der Waals surface area contributed by atoms with Crippen molar-refractivity contribution in [1.29, 1.82) is 0 Å². The van der Waals surface area contributed by atoms with Crippen molar-refractivity contribution >= 4 is 29.1 Å². The van der Waals surface area contributed by atoms with Gasteiger partial charge in [0, 0.05) is 31.9 Å². The van der Waals surface area contributed by atoms with Gasteiger partial charge >= 0.3 is 6.09 Å². The molecule has 0 fully saturated rings. The number of nitro benzene ring substituents is 2. The Bertz CT molecular complexity index is 1020. The molecule has 0 aliphatic rings. The number of amides is 2. The summed E-state index contributed by atoms with van der Waals surface area (Å²) in [5, 5.41) is 24.8. The largest absolute Gasteiger partial charge is 0.444 e. The van der Waals surface area contributed by atoms with Crippen LogP contribution in [0.4, 0.5) is 21.9 Å². The number of carbonyl (C=O) groups excluding carboxylic acids is 2. The molecule has 12 heteroatoms. The van der Waals surface area contributed by atoms with Gasteiger partial charge < -0.3 is 15.0 Å². The van der Waals surface area contributed by atoms with Crippen LogP contribution in [-0.2, 0) is 22.6 Å². The molecule has 33 heavy (non-hydrogen) atoms. The lowest BCUT2D eigenvalue weighted by molar-refractivity contribution is -0.394. The molecule has 2 aromatic carbocycles. The van der Waals surface area contributed by atoms with Crippen LogP contribution >= 0.6 is 0 Å². The van der Waals surface area contributed by atoms with E-state index >= 15 is 0 Å². The highest BCUT2D eigenvalue weighted by Crippen LogP contribution is 2.25. The molecule has 2 amide bonds. The minimum atomic E-state index is -0.769. The number of rotatable bonds is 10. The second-order valence-corrected chi connectivity index (χ2v) is 7.44. The summed E-state index contributed by atoms with van der Waals surface area (Å²) < 4.78 is 5.14. The van der Waals surface area contributed by atoms with Gasteiger partial charge in [-0.05, 0) is 37.9 Å². The van der Waals surface area contributed by atoms with Gasteiger partial charge in [0.2, 0.25) is 5.91 Å². The second kappa shape index (κ2) is 11.5. The smallest absolute Gasteiger partial charge is 0.414 e. The van der Waals surface area contributed by atoms with Crippen LogP contribution in [0.3, 0.4) is 0 Å². The molecule has 0 aromatic heterocycles. The molecule has 0 spiro atoms. The molecule has 0 saturated heterocycles. The first kappa shape index (κ1) is 25.2. The summed E-state index contributed by atoms with van der Waals surface area (Å²) >= 11 is 0. The van der Waals surface area contributed by atoms with Gasteiger partial charge in [0.25, 0.3) is 11.4 Å². The molecule has 1 N–H and O–H groups in total. The van der Waals surface area contributed by atoms with Gasteiger partial charge in [-0.15, -0.1) is 0 Å². The van der Waals surface area contributed by atoms with Crippen molar-refractivity contribution < 1.29 is 24.2 Å². The third-order valence-electron chi connectivity index (χ3n) is 4.67. The molecular weight excluding hydrogens is 434 g/mol. The van der Waals surface area contributed by atoms with Gasteiger partial charge in [0.15, 0.2) is 0 Å². The molecule has 0 saturated carbocycles. The van der Waals surface area contributed by atoms with E-state index < -0.39 is 33.9 Å². The average Bonchev–Trinajstić information content (AvgIpc) is 2.76. The number of nitrogens with zero attached hydrogens (tertiary/aromatic N) is 4. The van der Waals surface area contributed by atoms with Crippen LogP contribution in [0.1, 0.15) is 11.1 Å². The fourth-order valence-electron chi connectivity index (χ4n) is 2.80. The third kappa shape index (κ3) is 7.54. The molecular formula is C21H25N5O7. The Morgan fingerprint density at radius 2 is 1.67 bits per heavy atom. The molecule has 2 aromatic rings. The minimum Gasteiger partial charge on any atom is -0.444 e. The number of non-ortho nitro benzene ring substituents is 1. The first-order valence-corrected chi connectivity index (χ1v) is 9.91. The number of benzene rings is 2. The van der Waals surface area contributed by atoms with Crippen LogP contribution in [-0.4, -0.2) is 61.0 Å². The predicted octanol–water partition coefficient (Wildman–Crippen LogP) is 2.50. The summed E-state index contributed by atoms with van der Waals surface area (Å²) in [6, 6.07) is 9.84. The predicted molar refractivity (Wildman–Crippen MR) is 120 cm³/mol. The maximum atomic E-state index is 12.4. The molecule has 0 bridgehead atoms. The van der Waals surface area contributed by atoms with Crippen molar-refractivity contribution in [3.05, 3.63) is 73.8 Å². The molecule has 2 rings (SSSR count). The van der Waals surface area contributed by atoms with E-state index in [1.807, 2.05) is 19.0 Å². The highest BCUT2D eigenvalue weighted by Gasteiger charge is 2.21. The molecule has 176 valence electrons. The summed E-state index contributed by atoms with van der Waals surface area (Å²) in [5.74, 6) is -0.109. The highest BCUT2D eigenvalue weighted by molar-refractivity contribution is 5.87. The van der Waals surface area contributed by atoms with Crippen molar-refractivity contribution in [1.82, 2.24) is 10.2 Å². The van der Waals surface area contributed by atoms with Crippen LogP contribution in [0.5, 0.6) is 0 Å². The summed E-state index contributed by atoms with van der Waals surface area (Å²) in [4.78, 5) is 48.0. The molecule has 0 aliphatic heterocycles. The number of likely N-dealkylation sites (N-methyl/N-ethyl adjacent to an activating group) is 1. The number of ether oxygens (including phenoxy) is 1. The van der Waals surface area contributed by atoms with Crippen LogP contribution in [0.25, 0.3) is 0 Å².